The summed E-state index contributed by atoms with van der Waals surface area (Å²) in [5, 5.41) is 0. The Kier molecular flexibility index (Phi) is 5.79. The van der Waals surface area contributed by atoms with Gasteiger partial charge in [0.25, 0.3) is 0 Å². The molecule has 0 amide bonds. The fourth-order valence-electron chi connectivity index (χ4n) is 3.79. The molecule has 0 atom stereocenters. The van der Waals surface area contributed by atoms with Gasteiger partial charge in [0.1, 0.15) is 5.52 Å². The van der Waals surface area contributed by atoms with Gasteiger partial charge in [0.15, 0.2) is 5.58 Å². The Hall–Kier alpha value is -4.44. The molecule has 0 fully saturated rings. The monoisotopic (exact) mass is 445 g/mol. The highest BCUT2D eigenvalue weighted by atomic mass is 16.5. The van der Waals surface area contributed by atoms with E-state index < -0.39 is 0 Å². The molecule has 4 nitrogen and oxygen atoms in total. The van der Waals surface area contributed by atoms with Crippen LogP contribution in [0.15, 0.2) is 95.4 Å². The Morgan fingerprint density at radius 2 is 1.32 bits per heavy atom. The third-order valence-electron chi connectivity index (χ3n) is 5.72. The van der Waals surface area contributed by atoms with Crippen molar-refractivity contribution in [3.05, 3.63) is 113 Å². The Morgan fingerprint density at radius 1 is 0.765 bits per heavy atom. The summed E-state index contributed by atoms with van der Waals surface area (Å²) in [6.45, 7) is 2.05. The number of benzene rings is 4. The van der Waals surface area contributed by atoms with Crippen LogP contribution in [0.1, 0.15) is 27.0 Å². The molecule has 0 aliphatic rings. The lowest BCUT2D eigenvalue weighted by Gasteiger charge is -2.04. The molecule has 4 aromatic carbocycles. The van der Waals surface area contributed by atoms with Gasteiger partial charge in [-0.1, -0.05) is 66.7 Å². The highest BCUT2D eigenvalue weighted by Gasteiger charge is 2.08. The van der Waals surface area contributed by atoms with Crippen LogP contribution >= 0.6 is 0 Å². The van der Waals surface area contributed by atoms with E-state index in [9.17, 15) is 4.79 Å². The summed E-state index contributed by atoms with van der Waals surface area (Å²) in [6.07, 6.45) is 4.17. The molecule has 0 spiro atoms. The zero-order chi connectivity index (χ0) is 23.5. The van der Waals surface area contributed by atoms with Crippen molar-refractivity contribution < 1.29 is 13.9 Å². The van der Waals surface area contributed by atoms with E-state index in [0.717, 1.165) is 44.5 Å². The first-order valence-electron chi connectivity index (χ1n) is 11.0. The Bertz CT molecular complexity index is 1480. The van der Waals surface area contributed by atoms with E-state index in [-0.39, 0.29) is 5.97 Å². The Labute approximate surface area is 198 Å². The number of carbonyl (C=O) groups is 1. The van der Waals surface area contributed by atoms with E-state index in [4.69, 9.17) is 9.15 Å². The quantitative estimate of drug-likeness (QED) is 0.209. The number of hydrogen-bond donors (Lipinski definition) is 0. The lowest BCUT2D eigenvalue weighted by Crippen LogP contribution is -2.00. The van der Waals surface area contributed by atoms with Crippen LogP contribution in [0.25, 0.3) is 45.8 Å². The number of fused-ring (bicyclic) bond motifs is 1. The number of aromatic nitrogens is 1. The van der Waals surface area contributed by atoms with Gasteiger partial charge in [-0.25, -0.2) is 9.78 Å². The second kappa shape index (κ2) is 9.20. The summed E-state index contributed by atoms with van der Waals surface area (Å²) in [5.41, 5.74) is 8.68. The Balaban J connectivity index is 1.28. The zero-order valence-corrected chi connectivity index (χ0v) is 19.0. The first kappa shape index (κ1) is 21.4. The van der Waals surface area contributed by atoms with Gasteiger partial charge in [0.2, 0.25) is 5.89 Å². The number of aryl methyl sites for hydroxylation is 1. The number of methoxy groups -OCH3 is 1. The molecule has 0 N–H and O–H groups in total. The summed E-state index contributed by atoms with van der Waals surface area (Å²) in [5.74, 6) is 0.301. The maximum absolute atomic E-state index is 11.6. The number of oxazole rings is 1. The largest absolute Gasteiger partial charge is 0.465 e. The fraction of sp³-hybridized carbons (Fsp3) is 0.0667. The fourth-order valence-corrected chi connectivity index (χ4v) is 3.79. The molecule has 34 heavy (non-hydrogen) atoms. The summed E-state index contributed by atoms with van der Waals surface area (Å²) < 4.78 is 10.6. The smallest absolute Gasteiger partial charge is 0.337 e. The molecule has 0 unspecified atom stereocenters. The Morgan fingerprint density at radius 3 is 1.91 bits per heavy atom. The van der Waals surface area contributed by atoms with Gasteiger partial charge in [-0.2, -0.15) is 0 Å². The van der Waals surface area contributed by atoms with Crippen LogP contribution in [-0.4, -0.2) is 18.1 Å². The van der Waals surface area contributed by atoms with E-state index in [0.29, 0.717) is 11.5 Å². The molecule has 0 aliphatic heterocycles. The van der Waals surface area contributed by atoms with Crippen molar-refractivity contribution in [2.45, 2.75) is 6.92 Å². The molecule has 166 valence electrons. The number of hydrogen-bond acceptors (Lipinski definition) is 4. The maximum atomic E-state index is 11.6. The lowest BCUT2D eigenvalue weighted by molar-refractivity contribution is 0.0600. The van der Waals surface area contributed by atoms with Crippen LogP contribution in [0.2, 0.25) is 0 Å². The average molecular weight is 446 g/mol. The molecule has 1 heterocycles. The standard InChI is InChI=1S/C30H23NO3/c1-20-3-18-28-27(19-20)31-29(34-28)25-12-8-22(9-13-25)5-4-21-6-10-23(11-7-21)24-14-16-26(17-15-24)30(32)33-2/h3-19H,1-2H3. The predicted molar refractivity (Wildman–Crippen MR) is 136 cm³/mol. The molecule has 4 heteroatoms. The highest BCUT2D eigenvalue weighted by molar-refractivity contribution is 5.90. The molecule has 0 aliphatic carbocycles. The number of esters is 1. The van der Waals surface area contributed by atoms with Gasteiger partial charge in [-0.3, -0.25) is 0 Å². The minimum absolute atomic E-state index is 0.330. The van der Waals surface area contributed by atoms with Crippen LogP contribution in [0.4, 0.5) is 0 Å². The van der Waals surface area contributed by atoms with Crippen molar-refractivity contribution in [3.63, 3.8) is 0 Å². The third-order valence-corrected chi connectivity index (χ3v) is 5.72. The molecule has 0 saturated carbocycles. The maximum Gasteiger partial charge on any atom is 0.337 e. The summed E-state index contributed by atoms with van der Waals surface area (Å²) in [4.78, 5) is 16.2. The highest BCUT2D eigenvalue weighted by Crippen LogP contribution is 2.26. The van der Waals surface area contributed by atoms with E-state index in [1.165, 1.54) is 7.11 Å². The molecule has 0 radical (unpaired) electrons. The van der Waals surface area contributed by atoms with Crippen molar-refractivity contribution in [2.24, 2.45) is 0 Å². The first-order valence-corrected chi connectivity index (χ1v) is 11.0. The molecule has 0 saturated heterocycles. The molecule has 5 rings (SSSR count). The van der Waals surface area contributed by atoms with Crippen LogP contribution in [0.5, 0.6) is 0 Å². The molecular weight excluding hydrogens is 422 g/mol. The summed E-state index contributed by atoms with van der Waals surface area (Å²) in [6, 6.07) is 29.9. The number of nitrogens with zero attached hydrogens (tertiary/aromatic N) is 1. The number of rotatable bonds is 5. The van der Waals surface area contributed by atoms with Gasteiger partial charge in [-0.05, 0) is 71.1 Å². The number of ether oxygens (including phenoxy) is 1. The predicted octanol–water partition coefficient (Wildman–Crippen LogP) is 7.43. The van der Waals surface area contributed by atoms with Gasteiger partial charge < -0.3 is 9.15 Å². The average Bonchev–Trinajstić information content (AvgIpc) is 3.31. The molecule has 0 bridgehead atoms. The minimum Gasteiger partial charge on any atom is -0.465 e. The minimum atomic E-state index is -0.330. The normalized spacial score (nSPS) is 11.2. The third kappa shape index (κ3) is 4.52. The van der Waals surface area contributed by atoms with Gasteiger partial charge in [-0.15, -0.1) is 0 Å². The second-order valence-electron chi connectivity index (χ2n) is 8.14. The van der Waals surface area contributed by atoms with Crippen molar-refractivity contribution in [1.29, 1.82) is 0 Å². The van der Waals surface area contributed by atoms with Crippen molar-refractivity contribution in [3.8, 4) is 22.6 Å². The number of carbonyl (C=O) groups excluding carboxylic acids is 1. The second-order valence-corrected chi connectivity index (χ2v) is 8.14. The van der Waals surface area contributed by atoms with Crippen LogP contribution in [0.3, 0.4) is 0 Å². The van der Waals surface area contributed by atoms with Crippen molar-refractivity contribution in [2.75, 3.05) is 7.11 Å². The van der Waals surface area contributed by atoms with Gasteiger partial charge in [0.05, 0.1) is 12.7 Å². The van der Waals surface area contributed by atoms with Crippen LogP contribution in [0, 0.1) is 6.92 Å². The zero-order valence-electron chi connectivity index (χ0n) is 19.0. The van der Waals surface area contributed by atoms with Crippen molar-refractivity contribution >= 4 is 29.2 Å². The van der Waals surface area contributed by atoms with Crippen LogP contribution < -0.4 is 0 Å². The lowest BCUT2D eigenvalue weighted by atomic mass is 10.0. The van der Waals surface area contributed by atoms with Gasteiger partial charge >= 0.3 is 5.97 Å². The molecule has 5 aromatic rings. The first-order chi connectivity index (χ1) is 16.6. The van der Waals surface area contributed by atoms with E-state index in [2.05, 4.69) is 53.5 Å². The summed E-state index contributed by atoms with van der Waals surface area (Å²) >= 11 is 0. The van der Waals surface area contributed by atoms with Crippen molar-refractivity contribution in [1.82, 2.24) is 4.98 Å². The van der Waals surface area contributed by atoms with E-state index in [1.807, 2.05) is 49.4 Å². The summed E-state index contributed by atoms with van der Waals surface area (Å²) in [7, 11) is 1.38. The SMILES string of the molecule is COC(=O)c1ccc(-c2ccc(C=Cc3ccc(-c4nc5cc(C)ccc5o4)cc3)cc2)cc1. The topological polar surface area (TPSA) is 52.3 Å². The van der Waals surface area contributed by atoms with Gasteiger partial charge in [0, 0.05) is 5.56 Å². The van der Waals surface area contributed by atoms with Crippen LogP contribution in [-0.2, 0) is 4.74 Å². The van der Waals surface area contributed by atoms with E-state index >= 15 is 0 Å². The van der Waals surface area contributed by atoms with E-state index in [1.54, 1.807) is 12.1 Å². The molecule has 1 aromatic heterocycles. The molecular formula is C30H23NO3.